The molecule has 4 heterocycles. The van der Waals surface area contributed by atoms with Crippen LogP contribution in [0.3, 0.4) is 0 Å². The fourth-order valence-electron chi connectivity index (χ4n) is 3.31. The molecular weight excluding hydrogens is 302 g/mol. The maximum Gasteiger partial charge on any atom is 0.232 e. The highest BCUT2D eigenvalue weighted by Crippen LogP contribution is 2.39. The summed E-state index contributed by atoms with van der Waals surface area (Å²) in [7, 11) is 0. The van der Waals surface area contributed by atoms with Gasteiger partial charge in [-0.15, -0.1) is 11.3 Å². The first-order valence-corrected chi connectivity index (χ1v) is 8.30. The number of amides is 1. The van der Waals surface area contributed by atoms with Gasteiger partial charge in [-0.05, 0) is 18.4 Å². The normalized spacial score (nSPS) is 27.3. The number of thiophene rings is 1. The van der Waals surface area contributed by atoms with Gasteiger partial charge in [0.05, 0.1) is 25.0 Å². The van der Waals surface area contributed by atoms with Crippen molar-refractivity contribution in [2.75, 3.05) is 19.7 Å². The van der Waals surface area contributed by atoms with Crippen LogP contribution in [0.4, 0.5) is 0 Å². The first-order valence-electron chi connectivity index (χ1n) is 7.42. The molecule has 0 spiro atoms. The molecule has 2 aromatic rings. The zero-order chi connectivity index (χ0) is 15.1. The Morgan fingerprint density at radius 3 is 3.14 bits per heavy atom. The van der Waals surface area contributed by atoms with E-state index in [1.54, 1.807) is 11.3 Å². The maximum absolute atomic E-state index is 12.4. The number of hydrogen-bond acceptors (Lipinski definition) is 6. The van der Waals surface area contributed by atoms with Gasteiger partial charge in [-0.2, -0.15) is 4.98 Å². The lowest BCUT2D eigenvalue weighted by atomic mass is 9.93. The third-order valence-electron chi connectivity index (χ3n) is 4.43. The lowest BCUT2D eigenvalue weighted by Crippen LogP contribution is -2.32. The Morgan fingerprint density at radius 1 is 1.50 bits per heavy atom. The lowest BCUT2D eigenvalue weighted by molar-refractivity contribution is -0.130. The van der Waals surface area contributed by atoms with Crippen molar-refractivity contribution in [1.29, 1.82) is 0 Å². The maximum atomic E-state index is 12.4. The Kier molecular flexibility index (Phi) is 3.46. The molecule has 0 bridgehead atoms. The molecular formula is C15H17N3O3S. The van der Waals surface area contributed by atoms with Crippen molar-refractivity contribution < 1.29 is 14.1 Å². The molecule has 7 heteroatoms. The number of ether oxygens (including phenoxy) is 1. The molecule has 2 saturated heterocycles. The zero-order valence-electron chi connectivity index (χ0n) is 12.3. The molecule has 0 N–H and O–H groups in total. The summed E-state index contributed by atoms with van der Waals surface area (Å²) in [6, 6.07) is 3.98. The predicted octanol–water partition coefficient (Wildman–Crippen LogP) is 1.62. The second-order valence-electron chi connectivity index (χ2n) is 5.88. The molecule has 1 amide bonds. The first kappa shape index (κ1) is 13.9. The van der Waals surface area contributed by atoms with Crippen molar-refractivity contribution in [3.05, 3.63) is 34.1 Å². The van der Waals surface area contributed by atoms with Gasteiger partial charge < -0.3 is 14.2 Å². The minimum Gasteiger partial charge on any atom is -0.375 e. The Balaban J connectivity index is 1.44. The summed E-state index contributed by atoms with van der Waals surface area (Å²) in [4.78, 5) is 19.8. The van der Waals surface area contributed by atoms with Crippen LogP contribution in [-0.4, -0.2) is 46.7 Å². The van der Waals surface area contributed by atoms with Gasteiger partial charge in [0, 0.05) is 23.9 Å². The van der Waals surface area contributed by atoms with Crippen LogP contribution in [0, 0.1) is 12.8 Å². The third-order valence-corrected chi connectivity index (χ3v) is 5.31. The fourth-order valence-corrected chi connectivity index (χ4v) is 4.00. The van der Waals surface area contributed by atoms with Crippen molar-refractivity contribution in [2.24, 2.45) is 5.92 Å². The molecule has 0 unspecified atom stereocenters. The quantitative estimate of drug-likeness (QED) is 0.860. The Labute approximate surface area is 132 Å². The van der Waals surface area contributed by atoms with Crippen LogP contribution in [0.5, 0.6) is 0 Å². The standard InChI is InChI=1S/C15H17N3O3S/c1-9-16-15(21-17-9)12-8-20-13-7-18(6-11(12)13)14(19)5-10-3-2-4-22-10/h2-4,11-13H,5-8H2,1H3/t11-,12+,13-/m1/s1. The average molecular weight is 319 g/mol. The summed E-state index contributed by atoms with van der Waals surface area (Å²) in [5.41, 5.74) is 0. The number of nitrogens with zero attached hydrogens (tertiary/aromatic N) is 3. The molecule has 4 rings (SSSR count). The highest BCUT2D eigenvalue weighted by atomic mass is 32.1. The van der Waals surface area contributed by atoms with Crippen molar-refractivity contribution in [3.8, 4) is 0 Å². The van der Waals surface area contributed by atoms with Gasteiger partial charge in [0.1, 0.15) is 0 Å². The summed E-state index contributed by atoms with van der Waals surface area (Å²) in [6.07, 6.45) is 0.561. The Morgan fingerprint density at radius 2 is 2.41 bits per heavy atom. The van der Waals surface area contributed by atoms with E-state index in [1.165, 1.54) is 0 Å². The van der Waals surface area contributed by atoms with Crippen LogP contribution in [0.15, 0.2) is 22.0 Å². The molecule has 3 atom stereocenters. The van der Waals surface area contributed by atoms with E-state index in [1.807, 2.05) is 29.3 Å². The molecule has 2 aliphatic rings. The number of aromatic nitrogens is 2. The SMILES string of the molecule is Cc1noc([C@H]2CO[C@@H]3CN(C(=O)Cc4cccs4)C[C@H]23)n1. The Hall–Kier alpha value is -1.73. The van der Waals surface area contributed by atoms with Gasteiger partial charge in [-0.25, -0.2) is 0 Å². The molecule has 0 aromatic carbocycles. The van der Waals surface area contributed by atoms with Gasteiger partial charge in [-0.3, -0.25) is 4.79 Å². The molecule has 0 aliphatic carbocycles. The zero-order valence-corrected chi connectivity index (χ0v) is 13.1. The van der Waals surface area contributed by atoms with Gasteiger partial charge in [0.15, 0.2) is 5.82 Å². The van der Waals surface area contributed by atoms with Crippen LogP contribution in [0.25, 0.3) is 0 Å². The van der Waals surface area contributed by atoms with Crippen LogP contribution in [0.1, 0.15) is 22.5 Å². The van der Waals surface area contributed by atoms with Crippen molar-refractivity contribution >= 4 is 17.2 Å². The van der Waals surface area contributed by atoms with E-state index < -0.39 is 0 Å². The van der Waals surface area contributed by atoms with E-state index in [9.17, 15) is 4.79 Å². The summed E-state index contributed by atoms with van der Waals surface area (Å²) < 4.78 is 11.1. The van der Waals surface area contributed by atoms with E-state index in [0.717, 1.165) is 4.88 Å². The number of hydrogen-bond donors (Lipinski definition) is 0. The van der Waals surface area contributed by atoms with Crippen molar-refractivity contribution in [1.82, 2.24) is 15.0 Å². The smallest absolute Gasteiger partial charge is 0.232 e. The van der Waals surface area contributed by atoms with E-state index in [-0.39, 0.29) is 23.8 Å². The summed E-state index contributed by atoms with van der Waals surface area (Å²) in [6.45, 7) is 3.79. The fraction of sp³-hybridized carbons (Fsp3) is 0.533. The summed E-state index contributed by atoms with van der Waals surface area (Å²) in [5, 5.41) is 5.86. The highest BCUT2D eigenvalue weighted by molar-refractivity contribution is 7.10. The van der Waals surface area contributed by atoms with Crippen LogP contribution >= 0.6 is 11.3 Å². The molecule has 6 nitrogen and oxygen atoms in total. The molecule has 2 aromatic heterocycles. The topological polar surface area (TPSA) is 68.5 Å². The lowest BCUT2D eigenvalue weighted by Gasteiger charge is -2.18. The van der Waals surface area contributed by atoms with E-state index in [2.05, 4.69) is 10.1 Å². The second-order valence-corrected chi connectivity index (χ2v) is 6.91. The van der Waals surface area contributed by atoms with Crippen LogP contribution in [0.2, 0.25) is 0 Å². The summed E-state index contributed by atoms with van der Waals surface area (Å²) in [5.74, 6) is 1.80. The number of aryl methyl sites for hydroxylation is 1. The molecule has 116 valence electrons. The monoisotopic (exact) mass is 319 g/mol. The predicted molar refractivity (Wildman–Crippen MR) is 79.6 cm³/mol. The molecule has 0 radical (unpaired) electrons. The van der Waals surface area contributed by atoms with Gasteiger partial charge in [0.2, 0.25) is 11.8 Å². The molecule has 0 saturated carbocycles. The number of fused-ring (bicyclic) bond motifs is 1. The largest absolute Gasteiger partial charge is 0.375 e. The molecule has 2 fully saturated rings. The van der Waals surface area contributed by atoms with Gasteiger partial charge in [0.25, 0.3) is 0 Å². The van der Waals surface area contributed by atoms with Gasteiger partial charge in [-0.1, -0.05) is 11.2 Å². The number of rotatable bonds is 3. The Bertz CT molecular complexity index is 669. The van der Waals surface area contributed by atoms with E-state index in [4.69, 9.17) is 9.26 Å². The van der Waals surface area contributed by atoms with Crippen molar-refractivity contribution in [2.45, 2.75) is 25.4 Å². The minimum atomic E-state index is 0.0875. The third kappa shape index (κ3) is 2.44. The number of carbonyl (C=O) groups excluding carboxylic acids is 1. The first-order chi connectivity index (χ1) is 10.7. The minimum absolute atomic E-state index is 0.0875. The van der Waals surface area contributed by atoms with E-state index in [0.29, 0.717) is 37.8 Å². The van der Waals surface area contributed by atoms with Crippen molar-refractivity contribution in [3.63, 3.8) is 0 Å². The summed E-state index contributed by atoms with van der Waals surface area (Å²) >= 11 is 1.62. The number of likely N-dealkylation sites (tertiary alicyclic amines) is 1. The average Bonchev–Trinajstić information content (AvgIpc) is 3.20. The molecule has 22 heavy (non-hydrogen) atoms. The second kappa shape index (κ2) is 5.48. The van der Waals surface area contributed by atoms with Crippen LogP contribution < -0.4 is 0 Å². The van der Waals surface area contributed by atoms with Gasteiger partial charge >= 0.3 is 0 Å². The van der Waals surface area contributed by atoms with Crippen LogP contribution in [-0.2, 0) is 16.0 Å². The van der Waals surface area contributed by atoms with E-state index >= 15 is 0 Å². The molecule has 2 aliphatic heterocycles. The number of carbonyl (C=O) groups is 1. The highest BCUT2D eigenvalue weighted by Gasteiger charge is 2.47.